The maximum absolute atomic E-state index is 15.2. The summed E-state index contributed by atoms with van der Waals surface area (Å²) in [6.45, 7) is 4.22. The van der Waals surface area contributed by atoms with Crippen molar-refractivity contribution in [2.24, 2.45) is 17.9 Å². The molecule has 4 atom stereocenters. The van der Waals surface area contributed by atoms with Gasteiger partial charge in [0.1, 0.15) is 24.4 Å². The van der Waals surface area contributed by atoms with Crippen LogP contribution in [0.5, 0.6) is 11.6 Å². The third-order valence-corrected chi connectivity index (χ3v) is 7.12. The molecule has 0 unspecified atom stereocenters. The summed E-state index contributed by atoms with van der Waals surface area (Å²) in [5.74, 6) is 0.442. The summed E-state index contributed by atoms with van der Waals surface area (Å²) in [5, 5.41) is 18.8. The number of fused-ring (bicyclic) bond motifs is 2. The number of aromatic nitrogens is 5. The second kappa shape index (κ2) is 7.60. The second-order valence-electron chi connectivity index (χ2n) is 9.97. The van der Waals surface area contributed by atoms with Gasteiger partial charge in [-0.05, 0) is 49.3 Å². The van der Waals surface area contributed by atoms with Crippen molar-refractivity contribution in [2.45, 2.75) is 51.8 Å². The molecule has 172 valence electrons. The molecule has 33 heavy (non-hydrogen) atoms. The van der Waals surface area contributed by atoms with E-state index in [9.17, 15) is 9.90 Å². The van der Waals surface area contributed by atoms with Crippen LogP contribution in [0.25, 0.3) is 22.6 Å². The molecule has 2 fully saturated rings. The van der Waals surface area contributed by atoms with Gasteiger partial charge in [-0.2, -0.15) is 4.98 Å². The van der Waals surface area contributed by atoms with Crippen molar-refractivity contribution in [3.05, 3.63) is 47.1 Å². The Kier molecular flexibility index (Phi) is 4.95. The fourth-order valence-electron chi connectivity index (χ4n) is 5.39. The number of halogens is 1. The molecule has 0 amide bonds. The maximum Gasteiger partial charge on any atom is 0.350 e. The molecule has 1 N–H and O–H groups in total. The summed E-state index contributed by atoms with van der Waals surface area (Å²) in [4.78, 5) is 19.8. The average molecular weight is 452 g/mol. The van der Waals surface area contributed by atoms with Gasteiger partial charge < -0.3 is 9.84 Å². The number of aromatic hydroxyl groups is 1. The minimum Gasteiger partial charge on any atom is -0.507 e. The quantitative estimate of drug-likeness (QED) is 0.645. The molecule has 2 saturated carbocycles. The minimum atomic E-state index is -1.04. The highest BCUT2D eigenvalue weighted by molar-refractivity contribution is 5.71. The van der Waals surface area contributed by atoms with Crippen LogP contribution in [0.15, 0.2) is 41.5 Å². The summed E-state index contributed by atoms with van der Waals surface area (Å²) >= 11 is 0. The van der Waals surface area contributed by atoms with E-state index in [1.54, 1.807) is 31.3 Å². The molecule has 0 aliphatic heterocycles. The number of hydrogen-bond donors (Lipinski definition) is 1. The van der Waals surface area contributed by atoms with Crippen LogP contribution < -0.4 is 10.4 Å². The number of phenols is 1. The highest BCUT2D eigenvalue weighted by Gasteiger charge is 2.56. The van der Waals surface area contributed by atoms with Crippen LogP contribution in [0.1, 0.15) is 39.5 Å². The predicted molar refractivity (Wildman–Crippen MR) is 119 cm³/mol. The van der Waals surface area contributed by atoms with Gasteiger partial charge in [0.2, 0.25) is 5.88 Å². The molecule has 2 heterocycles. The van der Waals surface area contributed by atoms with Crippen molar-refractivity contribution in [3.8, 4) is 34.3 Å². The number of nitrogens with zero attached hydrogens (tertiary/aromatic N) is 5. The van der Waals surface area contributed by atoms with Gasteiger partial charge in [-0.3, -0.25) is 4.57 Å². The van der Waals surface area contributed by atoms with Crippen LogP contribution in [0.3, 0.4) is 0 Å². The molecule has 1 aromatic carbocycles. The third kappa shape index (κ3) is 3.85. The van der Waals surface area contributed by atoms with E-state index in [1.165, 1.54) is 17.0 Å². The zero-order valence-corrected chi connectivity index (χ0v) is 18.8. The monoisotopic (exact) mass is 451 g/mol. The molecular formula is C24H26FN5O3. The van der Waals surface area contributed by atoms with E-state index in [4.69, 9.17) is 4.74 Å². The van der Waals surface area contributed by atoms with Crippen molar-refractivity contribution < 1.29 is 14.2 Å². The topological polar surface area (TPSA) is 103 Å². The van der Waals surface area contributed by atoms with Gasteiger partial charge in [0.05, 0.1) is 5.69 Å². The Labute approximate surface area is 190 Å². The van der Waals surface area contributed by atoms with Gasteiger partial charge in [0, 0.05) is 29.7 Å². The predicted octanol–water partition coefficient (Wildman–Crippen LogP) is 3.69. The zero-order valence-electron chi connectivity index (χ0n) is 18.8. The van der Waals surface area contributed by atoms with E-state index < -0.39 is 18.0 Å². The van der Waals surface area contributed by atoms with E-state index in [0.717, 1.165) is 19.3 Å². The molecule has 2 aliphatic carbocycles. The van der Waals surface area contributed by atoms with Gasteiger partial charge in [-0.1, -0.05) is 19.9 Å². The molecule has 2 aromatic heterocycles. The van der Waals surface area contributed by atoms with Gasteiger partial charge >= 0.3 is 5.69 Å². The van der Waals surface area contributed by atoms with Crippen LogP contribution in [0, 0.1) is 10.8 Å². The first kappa shape index (κ1) is 21.5. The number of aryl methyl sites for hydroxylation is 1. The van der Waals surface area contributed by atoms with Gasteiger partial charge in [-0.25, -0.2) is 14.2 Å². The zero-order chi connectivity index (χ0) is 23.4. The van der Waals surface area contributed by atoms with E-state index in [-0.39, 0.29) is 28.3 Å². The second-order valence-corrected chi connectivity index (χ2v) is 9.97. The SMILES string of the molecule is Cn1cnc(-c2ccc(-c3ccc(O[C@@H]4C[C@@]5(C)CC[C@](C)(C5)[C@@H]4F)nn3)c(O)c2)nc1=O. The first-order chi connectivity index (χ1) is 15.7. The Hall–Kier alpha value is -3.36. The van der Waals surface area contributed by atoms with Crippen LogP contribution in [-0.2, 0) is 7.05 Å². The molecule has 8 nitrogen and oxygen atoms in total. The average Bonchev–Trinajstić information content (AvgIpc) is 3.06. The summed E-state index contributed by atoms with van der Waals surface area (Å²) in [5.41, 5.74) is 0.733. The fourth-order valence-corrected chi connectivity index (χ4v) is 5.39. The standard InChI is InChI=1S/C24H26FN5O3/c1-23-8-9-24(2,12-23)20(25)18(11-23)33-19-7-6-16(28-29-19)15-5-4-14(10-17(15)31)21-26-13-30(3)22(32)27-21/h4-7,10,13,18,20,31H,8-9,11-12H2,1-3H3/t18-,20-,23-,24-/m1/s1. The van der Waals surface area contributed by atoms with Gasteiger partial charge in [0.15, 0.2) is 5.82 Å². The van der Waals surface area contributed by atoms with Crippen LogP contribution >= 0.6 is 0 Å². The number of hydrogen-bond acceptors (Lipinski definition) is 7. The lowest BCUT2D eigenvalue weighted by Gasteiger charge is -2.42. The first-order valence-electron chi connectivity index (χ1n) is 11.0. The number of ether oxygens (including phenoxy) is 1. The van der Waals surface area contributed by atoms with Gasteiger partial charge in [-0.15, -0.1) is 10.2 Å². The molecule has 0 radical (unpaired) electrons. The number of rotatable bonds is 4. The van der Waals surface area contributed by atoms with Gasteiger partial charge in [0.25, 0.3) is 0 Å². The Balaban J connectivity index is 1.34. The number of phenolic OH excluding ortho intramolecular Hbond substituents is 1. The van der Waals surface area contributed by atoms with E-state index >= 15 is 4.39 Å². The Morgan fingerprint density at radius 2 is 2.00 bits per heavy atom. The molecule has 0 saturated heterocycles. The lowest BCUT2D eigenvalue weighted by atomic mass is 9.68. The lowest BCUT2D eigenvalue weighted by molar-refractivity contribution is -0.0432. The molecule has 2 bridgehead atoms. The maximum atomic E-state index is 15.2. The normalized spacial score (nSPS) is 28.6. The summed E-state index contributed by atoms with van der Waals surface area (Å²) in [6.07, 6.45) is 3.26. The molecule has 5 rings (SSSR count). The van der Waals surface area contributed by atoms with Crippen LogP contribution in [0.4, 0.5) is 4.39 Å². The fraction of sp³-hybridized carbons (Fsp3) is 0.458. The first-order valence-corrected chi connectivity index (χ1v) is 11.0. The molecule has 9 heteroatoms. The molecule has 2 aliphatic rings. The number of benzene rings is 1. The van der Waals surface area contributed by atoms with Crippen molar-refractivity contribution in [1.82, 2.24) is 24.7 Å². The Morgan fingerprint density at radius 3 is 2.70 bits per heavy atom. The minimum absolute atomic E-state index is 0.0479. The third-order valence-electron chi connectivity index (χ3n) is 7.12. The smallest absolute Gasteiger partial charge is 0.350 e. The lowest BCUT2D eigenvalue weighted by Crippen LogP contribution is -2.46. The summed E-state index contributed by atoms with van der Waals surface area (Å²) in [6, 6.07) is 8.16. The van der Waals surface area contributed by atoms with Crippen molar-refractivity contribution >= 4 is 0 Å². The summed E-state index contributed by atoms with van der Waals surface area (Å²) in [7, 11) is 1.56. The largest absolute Gasteiger partial charge is 0.507 e. The summed E-state index contributed by atoms with van der Waals surface area (Å²) < 4.78 is 22.4. The molecular weight excluding hydrogens is 425 g/mol. The highest BCUT2D eigenvalue weighted by Crippen LogP contribution is 2.59. The highest BCUT2D eigenvalue weighted by atomic mass is 19.1. The van der Waals surface area contributed by atoms with Crippen molar-refractivity contribution in [2.75, 3.05) is 0 Å². The molecule has 0 spiro atoms. The Morgan fingerprint density at radius 1 is 1.18 bits per heavy atom. The van der Waals surface area contributed by atoms with Crippen LogP contribution in [0.2, 0.25) is 0 Å². The van der Waals surface area contributed by atoms with Crippen molar-refractivity contribution in [1.29, 1.82) is 0 Å². The molecule has 3 aromatic rings. The van der Waals surface area contributed by atoms with Crippen molar-refractivity contribution in [3.63, 3.8) is 0 Å². The van der Waals surface area contributed by atoms with E-state index in [0.29, 0.717) is 23.2 Å². The number of alkyl halides is 1. The van der Waals surface area contributed by atoms with E-state index in [2.05, 4.69) is 27.1 Å². The van der Waals surface area contributed by atoms with Crippen LogP contribution in [-0.4, -0.2) is 42.1 Å². The van der Waals surface area contributed by atoms with E-state index in [1.807, 2.05) is 6.92 Å². The Bertz CT molecular complexity index is 1260.